The monoisotopic (exact) mass is 380 g/mol. The molecule has 1 aromatic heterocycles. The zero-order valence-corrected chi connectivity index (χ0v) is 16.7. The predicted molar refractivity (Wildman–Crippen MR) is 108 cm³/mol. The van der Waals surface area contributed by atoms with E-state index in [4.69, 9.17) is 4.42 Å². The lowest BCUT2D eigenvalue weighted by molar-refractivity contribution is 0.0423. The maximum Gasteiger partial charge on any atom is 0.289 e. The molecule has 0 N–H and O–H groups in total. The number of piperazine rings is 1. The van der Waals surface area contributed by atoms with Gasteiger partial charge in [-0.25, -0.2) is 0 Å². The first-order valence-corrected chi connectivity index (χ1v) is 10.3. The fourth-order valence-electron chi connectivity index (χ4n) is 4.49. The van der Waals surface area contributed by atoms with Crippen LogP contribution in [0.3, 0.4) is 0 Å². The maximum absolute atomic E-state index is 13.2. The fourth-order valence-corrected chi connectivity index (χ4v) is 4.49. The zero-order valence-electron chi connectivity index (χ0n) is 16.7. The van der Waals surface area contributed by atoms with E-state index < -0.39 is 0 Å². The van der Waals surface area contributed by atoms with Crippen molar-refractivity contribution in [2.75, 3.05) is 19.6 Å². The first kappa shape index (κ1) is 18.9. The van der Waals surface area contributed by atoms with Crippen molar-refractivity contribution in [3.63, 3.8) is 0 Å². The summed E-state index contributed by atoms with van der Waals surface area (Å²) in [6.07, 6.45) is 3.10. The summed E-state index contributed by atoms with van der Waals surface area (Å²) in [6.45, 7) is 7.15. The number of hydrogen-bond donors (Lipinski definition) is 0. The number of aryl methyl sites for hydroxylation is 1. The molecule has 0 saturated carbocycles. The van der Waals surface area contributed by atoms with Gasteiger partial charge in [-0.05, 0) is 25.3 Å². The van der Waals surface area contributed by atoms with Gasteiger partial charge in [0.05, 0.1) is 5.56 Å². The molecule has 1 fully saturated rings. The van der Waals surface area contributed by atoms with E-state index in [1.165, 1.54) is 5.56 Å². The smallest absolute Gasteiger partial charge is 0.289 e. The van der Waals surface area contributed by atoms with Crippen molar-refractivity contribution in [1.29, 1.82) is 0 Å². The number of benzene rings is 1. The molecule has 1 unspecified atom stereocenters. The average Bonchev–Trinajstić information content (AvgIpc) is 3.06. The van der Waals surface area contributed by atoms with Gasteiger partial charge in [-0.3, -0.25) is 14.5 Å². The van der Waals surface area contributed by atoms with E-state index in [0.29, 0.717) is 42.6 Å². The number of fused-ring (bicyclic) bond motifs is 1. The van der Waals surface area contributed by atoms with E-state index in [9.17, 15) is 9.59 Å². The summed E-state index contributed by atoms with van der Waals surface area (Å²) in [6, 6.07) is 10.8. The van der Waals surface area contributed by atoms with Crippen molar-refractivity contribution in [3.8, 4) is 0 Å². The van der Waals surface area contributed by atoms with E-state index in [2.05, 4.69) is 36.1 Å². The SMILES string of the molecule is CCC1CN(C(=O)c2oc3c(c2C)C(=O)CCC3)CCN1Cc1ccccc1. The summed E-state index contributed by atoms with van der Waals surface area (Å²) in [5.41, 5.74) is 2.68. The van der Waals surface area contributed by atoms with Gasteiger partial charge in [0.15, 0.2) is 11.5 Å². The number of amides is 1. The van der Waals surface area contributed by atoms with Crippen LogP contribution in [-0.2, 0) is 13.0 Å². The molecule has 1 amide bonds. The summed E-state index contributed by atoms with van der Waals surface area (Å²) in [5.74, 6) is 1.11. The van der Waals surface area contributed by atoms with E-state index in [1.54, 1.807) is 0 Å². The lowest BCUT2D eigenvalue weighted by Crippen LogP contribution is -2.54. The highest BCUT2D eigenvalue weighted by molar-refractivity contribution is 6.03. The van der Waals surface area contributed by atoms with Crippen molar-refractivity contribution in [2.45, 2.75) is 52.1 Å². The molecule has 5 heteroatoms. The molecule has 1 aromatic carbocycles. The van der Waals surface area contributed by atoms with Crippen LogP contribution in [0.15, 0.2) is 34.7 Å². The highest BCUT2D eigenvalue weighted by atomic mass is 16.4. The highest BCUT2D eigenvalue weighted by Gasteiger charge is 2.34. The first-order chi connectivity index (χ1) is 13.6. The van der Waals surface area contributed by atoms with Crippen LogP contribution in [0.1, 0.15) is 64.0 Å². The minimum absolute atomic E-state index is 0.0717. The number of furan rings is 1. The van der Waals surface area contributed by atoms with E-state index >= 15 is 0 Å². The normalized spacial score (nSPS) is 20.3. The number of carbonyl (C=O) groups is 2. The molecular formula is C23H28N2O3. The number of Topliss-reactive ketones (excluding diaryl/α,β-unsaturated/α-hetero) is 1. The van der Waals surface area contributed by atoms with Crippen molar-refractivity contribution < 1.29 is 14.0 Å². The zero-order chi connectivity index (χ0) is 19.7. The summed E-state index contributed by atoms with van der Waals surface area (Å²) in [4.78, 5) is 29.8. The highest BCUT2D eigenvalue weighted by Crippen LogP contribution is 2.30. The molecule has 4 rings (SSSR count). The first-order valence-electron chi connectivity index (χ1n) is 10.3. The number of ketones is 1. The van der Waals surface area contributed by atoms with Crippen molar-refractivity contribution in [3.05, 3.63) is 58.5 Å². The number of carbonyl (C=O) groups excluding carboxylic acids is 2. The van der Waals surface area contributed by atoms with Crippen molar-refractivity contribution in [1.82, 2.24) is 9.80 Å². The third-order valence-electron chi connectivity index (χ3n) is 6.09. The quantitative estimate of drug-likeness (QED) is 0.809. The summed E-state index contributed by atoms with van der Waals surface area (Å²) >= 11 is 0. The molecule has 2 aliphatic rings. The standard InChI is InChI=1S/C23H28N2O3/c1-3-18-15-25(13-12-24(18)14-17-8-5-4-6-9-17)23(27)22-16(2)21-19(26)10-7-11-20(21)28-22/h4-6,8-9,18H,3,7,10-15H2,1-2H3. The van der Waals surface area contributed by atoms with Gasteiger partial charge in [0.2, 0.25) is 0 Å². The Morgan fingerprint density at radius 2 is 1.96 bits per heavy atom. The molecule has 0 radical (unpaired) electrons. The van der Waals surface area contributed by atoms with Crippen LogP contribution in [0.2, 0.25) is 0 Å². The van der Waals surface area contributed by atoms with Gasteiger partial charge in [-0.15, -0.1) is 0 Å². The molecule has 28 heavy (non-hydrogen) atoms. The molecule has 1 atom stereocenters. The Balaban J connectivity index is 1.49. The van der Waals surface area contributed by atoms with Crippen molar-refractivity contribution in [2.24, 2.45) is 0 Å². The van der Waals surface area contributed by atoms with E-state index in [-0.39, 0.29) is 11.7 Å². The molecule has 0 spiro atoms. The lowest BCUT2D eigenvalue weighted by atomic mass is 9.94. The van der Waals surface area contributed by atoms with Crippen LogP contribution in [0.4, 0.5) is 0 Å². The predicted octanol–water partition coefficient (Wildman–Crippen LogP) is 3.84. The Hall–Kier alpha value is -2.40. The van der Waals surface area contributed by atoms with Crippen LogP contribution < -0.4 is 0 Å². The minimum atomic E-state index is -0.0717. The second kappa shape index (κ2) is 7.92. The lowest BCUT2D eigenvalue weighted by Gasteiger charge is -2.41. The summed E-state index contributed by atoms with van der Waals surface area (Å²) < 4.78 is 5.89. The Morgan fingerprint density at radius 3 is 2.68 bits per heavy atom. The molecular weight excluding hydrogens is 352 g/mol. The Bertz CT molecular complexity index is 871. The second-order valence-electron chi connectivity index (χ2n) is 7.90. The topological polar surface area (TPSA) is 53.8 Å². The third-order valence-corrected chi connectivity index (χ3v) is 6.09. The third kappa shape index (κ3) is 3.51. The van der Waals surface area contributed by atoms with Gasteiger partial charge in [0.25, 0.3) is 5.91 Å². The molecule has 1 saturated heterocycles. The van der Waals surface area contributed by atoms with Gasteiger partial charge in [-0.2, -0.15) is 0 Å². The molecule has 1 aliphatic heterocycles. The second-order valence-corrected chi connectivity index (χ2v) is 7.90. The summed E-state index contributed by atoms with van der Waals surface area (Å²) in [7, 11) is 0. The molecule has 1 aliphatic carbocycles. The minimum Gasteiger partial charge on any atom is -0.455 e. The molecule has 2 heterocycles. The van der Waals surface area contributed by atoms with Crippen molar-refractivity contribution >= 4 is 11.7 Å². The Labute approximate surface area is 166 Å². The summed E-state index contributed by atoms with van der Waals surface area (Å²) in [5, 5.41) is 0. The van der Waals surface area contributed by atoms with Gasteiger partial charge in [0, 0.05) is 50.6 Å². The average molecular weight is 380 g/mol. The fraction of sp³-hybridized carbons (Fsp3) is 0.478. The Morgan fingerprint density at radius 1 is 1.18 bits per heavy atom. The molecule has 148 valence electrons. The van der Waals surface area contributed by atoms with Crippen LogP contribution in [0, 0.1) is 6.92 Å². The molecule has 5 nitrogen and oxygen atoms in total. The van der Waals surface area contributed by atoms with Gasteiger partial charge < -0.3 is 9.32 Å². The largest absolute Gasteiger partial charge is 0.455 e. The Kier molecular flexibility index (Phi) is 5.36. The van der Waals surface area contributed by atoms with Gasteiger partial charge in [-0.1, -0.05) is 37.3 Å². The van der Waals surface area contributed by atoms with E-state index in [0.717, 1.165) is 37.9 Å². The van der Waals surface area contributed by atoms with Crippen LogP contribution in [0.5, 0.6) is 0 Å². The van der Waals surface area contributed by atoms with Crippen LogP contribution in [-0.4, -0.2) is 47.2 Å². The maximum atomic E-state index is 13.2. The van der Waals surface area contributed by atoms with Crippen LogP contribution >= 0.6 is 0 Å². The number of hydrogen-bond acceptors (Lipinski definition) is 4. The number of rotatable bonds is 4. The number of nitrogens with zero attached hydrogens (tertiary/aromatic N) is 2. The molecule has 2 aromatic rings. The van der Waals surface area contributed by atoms with Crippen LogP contribution in [0.25, 0.3) is 0 Å². The van der Waals surface area contributed by atoms with Gasteiger partial charge >= 0.3 is 0 Å². The molecule has 0 bridgehead atoms. The van der Waals surface area contributed by atoms with Gasteiger partial charge in [0.1, 0.15) is 5.76 Å². The van der Waals surface area contributed by atoms with E-state index in [1.807, 2.05) is 17.9 Å².